The molecule has 33 heavy (non-hydrogen) atoms. The third-order valence-corrected chi connectivity index (χ3v) is 4.96. The molecule has 0 radical (unpaired) electrons. The first-order valence-corrected chi connectivity index (χ1v) is 10.2. The van der Waals surface area contributed by atoms with Gasteiger partial charge in [-0.1, -0.05) is 0 Å². The predicted molar refractivity (Wildman–Crippen MR) is 112 cm³/mol. The molecule has 14 nitrogen and oxygen atoms in total. The van der Waals surface area contributed by atoms with Crippen molar-refractivity contribution in [2.45, 2.75) is 18.9 Å². The molecule has 0 bridgehead atoms. The van der Waals surface area contributed by atoms with E-state index in [-0.39, 0.29) is 65.2 Å². The van der Waals surface area contributed by atoms with Crippen molar-refractivity contribution in [1.82, 2.24) is 19.6 Å². The smallest absolute Gasteiger partial charge is 0.323 e. The Bertz CT molecular complexity index is 744. The summed E-state index contributed by atoms with van der Waals surface area (Å²) in [6.07, 6.45) is 2.24. The fourth-order valence-corrected chi connectivity index (χ4v) is 3.35. The van der Waals surface area contributed by atoms with Crippen LogP contribution in [0.5, 0.6) is 0 Å². The maximum atomic E-state index is 11.8. The van der Waals surface area contributed by atoms with Crippen LogP contribution in [-0.4, -0.2) is 140 Å². The predicted octanol–water partition coefficient (Wildman–Crippen LogP) is -1.75. The third-order valence-electron chi connectivity index (χ3n) is 4.96. The maximum absolute atomic E-state index is 11.8. The Balaban J connectivity index is 3.19. The molecular weight excluding hydrogens is 444 g/mol. The minimum absolute atomic E-state index is 0.0635. The van der Waals surface area contributed by atoms with Crippen LogP contribution in [0.1, 0.15) is 12.8 Å². The summed E-state index contributed by atoms with van der Waals surface area (Å²) in [5.41, 5.74) is 0. The minimum atomic E-state index is -1.24. The van der Waals surface area contributed by atoms with E-state index in [2.05, 4.69) is 0 Å². The van der Waals surface area contributed by atoms with Crippen LogP contribution in [0.2, 0.25) is 0 Å². The van der Waals surface area contributed by atoms with Gasteiger partial charge in [0, 0.05) is 58.1 Å². The molecule has 1 atom stereocenters. The first-order valence-electron chi connectivity index (χ1n) is 10.2. The van der Waals surface area contributed by atoms with E-state index in [4.69, 9.17) is 10.2 Å². The molecule has 0 saturated carbocycles. The van der Waals surface area contributed by atoms with Crippen LogP contribution >= 0.6 is 0 Å². The zero-order chi connectivity index (χ0) is 25.0. The molecule has 1 unspecified atom stereocenters. The highest BCUT2D eigenvalue weighted by molar-refractivity contribution is 5.75. The summed E-state index contributed by atoms with van der Waals surface area (Å²) >= 11 is 0. The Hall–Kier alpha value is -3.39. The van der Waals surface area contributed by atoms with Crippen molar-refractivity contribution in [2.75, 3.05) is 58.9 Å². The molecule has 1 rings (SSSR count). The van der Waals surface area contributed by atoms with Crippen LogP contribution in [0.4, 0.5) is 0 Å². The summed E-state index contributed by atoms with van der Waals surface area (Å²) in [5.74, 6) is -5.76. The van der Waals surface area contributed by atoms with E-state index >= 15 is 0 Å². The molecule has 0 aromatic carbocycles. The van der Waals surface area contributed by atoms with Crippen LogP contribution < -0.4 is 0 Å². The van der Waals surface area contributed by atoms with E-state index in [0.29, 0.717) is 0 Å². The van der Waals surface area contributed by atoms with Crippen LogP contribution in [0.25, 0.3) is 0 Å². The fourth-order valence-electron chi connectivity index (χ4n) is 3.35. The van der Waals surface area contributed by atoms with Crippen LogP contribution in [-0.2, 0) is 24.0 Å². The number of aliphatic carboxylic acids is 5. The largest absolute Gasteiger partial charge is 0.481 e. The lowest BCUT2D eigenvalue weighted by atomic mass is 10.1. The van der Waals surface area contributed by atoms with Crippen molar-refractivity contribution < 1.29 is 49.5 Å². The van der Waals surface area contributed by atoms with E-state index < -0.39 is 42.4 Å². The quantitative estimate of drug-likeness (QED) is 0.226. The van der Waals surface area contributed by atoms with Crippen molar-refractivity contribution in [3.63, 3.8) is 0 Å². The van der Waals surface area contributed by atoms with Gasteiger partial charge in [0.1, 0.15) is 19.1 Å². The Labute approximate surface area is 189 Å². The molecule has 0 fully saturated rings. The lowest BCUT2D eigenvalue weighted by Gasteiger charge is -2.34. The SMILES string of the molecule is O=C(O)CCC(C(=O)O)N1CCN(CC(=O)O)/C=C\N(CC(=O)O)CCN(CC(=O)O)CC1. The first kappa shape index (κ1) is 27.6. The molecule has 14 heteroatoms. The van der Waals surface area contributed by atoms with Crippen LogP contribution in [0.15, 0.2) is 12.4 Å². The highest BCUT2D eigenvalue weighted by Crippen LogP contribution is 2.10. The van der Waals surface area contributed by atoms with E-state index in [9.17, 15) is 39.3 Å². The topological polar surface area (TPSA) is 199 Å². The van der Waals surface area contributed by atoms with Crippen LogP contribution in [0.3, 0.4) is 0 Å². The molecule has 0 aromatic rings. The van der Waals surface area contributed by atoms with E-state index in [0.717, 1.165) is 0 Å². The monoisotopic (exact) mass is 474 g/mol. The summed E-state index contributed by atoms with van der Waals surface area (Å²) in [5, 5.41) is 46.1. The van der Waals surface area contributed by atoms with Gasteiger partial charge in [0.05, 0.1) is 6.54 Å². The van der Waals surface area contributed by atoms with Crippen molar-refractivity contribution in [1.29, 1.82) is 0 Å². The molecular formula is C19H30N4O10. The number of carboxylic acid groups (broad SMARTS) is 5. The molecule has 186 valence electrons. The molecule has 1 aliphatic heterocycles. The normalized spacial score (nSPS) is 18.5. The number of carbonyl (C=O) groups is 5. The molecule has 0 aromatic heterocycles. The molecule has 1 aliphatic rings. The average Bonchev–Trinajstić information content (AvgIpc) is 2.67. The van der Waals surface area contributed by atoms with E-state index in [1.165, 1.54) is 32.0 Å². The number of hydrogen-bond donors (Lipinski definition) is 5. The Morgan fingerprint density at radius 2 is 1.09 bits per heavy atom. The second-order valence-electron chi connectivity index (χ2n) is 7.52. The molecule has 5 N–H and O–H groups in total. The third kappa shape index (κ3) is 11.7. The average molecular weight is 474 g/mol. The Kier molecular flexibility index (Phi) is 11.6. The number of carboxylic acids is 5. The van der Waals surface area contributed by atoms with E-state index in [1.807, 2.05) is 0 Å². The van der Waals surface area contributed by atoms with Gasteiger partial charge in [0.15, 0.2) is 0 Å². The van der Waals surface area contributed by atoms with Gasteiger partial charge in [-0.05, 0) is 6.42 Å². The molecule has 0 saturated heterocycles. The minimum Gasteiger partial charge on any atom is -0.481 e. The Morgan fingerprint density at radius 1 is 0.636 bits per heavy atom. The lowest BCUT2D eigenvalue weighted by Crippen LogP contribution is -2.49. The van der Waals surface area contributed by atoms with Crippen LogP contribution in [0, 0.1) is 0 Å². The fraction of sp³-hybridized carbons (Fsp3) is 0.632. The van der Waals surface area contributed by atoms with Gasteiger partial charge < -0.3 is 35.3 Å². The number of hydrogen-bond acceptors (Lipinski definition) is 9. The lowest BCUT2D eigenvalue weighted by molar-refractivity contribution is -0.146. The van der Waals surface area contributed by atoms with Crippen molar-refractivity contribution in [3.05, 3.63) is 12.4 Å². The summed E-state index contributed by atoms with van der Waals surface area (Å²) in [4.78, 5) is 62.3. The Morgan fingerprint density at radius 3 is 1.55 bits per heavy atom. The van der Waals surface area contributed by atoms with Crippen molar-refractivity contribution in [2.24, 2.45) is 0 Å². The summed E-state index contributed by atoms with van der Waals surface area (Å²) < 4.78 is 0. The van der Waals surface area contributed by atoms with E-state index in [1.54, 1.807) is 0 Å². The van der Waals surface area contributed by atoms with Gasteiger partial charge in [-0.25, -0.2) is 0 Å². The zero-order valence-electron chi connectivity index (χ0n) is 18.1. The summed E-state index contributed by atoms with van der Waals surface area (Å²) in [6.45, 7) is -0.490. The van der Waals surface area contributed by atoms with Gasteiger partial charge in [-0.15, -0.1) is 0 Å². The second-order valence-corrected chi connectivity index (χ2v) is 7.52. The van der Waals surface area contributed by atoms with Gasteiger partial charge in [0.25, 0.3) is 0 Å². The molecule has 1 heterocycles. The van der Waals surface area contributed by atoms with Gasteiger partial charge in [-0.3, -0.25) is 33.8 Å². The number of nitrogens with zero attached hydrogens (tertiary/aromatic N) is 4. The molecule has 0 amide bonds. The molecule has 0 spiro atoms. The zero-order valence-corrected chi connectivity index (χ0v) is 18.1. The number of rotatable bonds is 11. The maximum Gasteiger partial charge on any atom is 0.323 e. The highest BCUT2D eigenvalue weighted by Gasteiger charge is 2.27. The van der Waals surface area contributed by atoms with Gasteiger partial charge in [0.2, 0.25) is 0 Å². The van der Waals surface area contributed by atoms with Gasteiger partial charge >= 0.3 is 29.8 Å². The standard InChI is InChI=1S/C19H30N4O10/c24-15(25)2-1-14(19(32)33)23-9-7-21(12-17(28)29)5-3-20(11-16(26)27)4-6-22(8-10-23)13-18(30)31/h3,5,14H,1-2,4,6-13H2,(H,24,25)(H,26,27)(H,28,29)(H,30,31)(H,32,33)/b5-3-. The summed E-state index contributed by atoms with van der Waals surface area (Å²) in [6, 6.07) is -1.16. The van der Waals surface area contributed by atoms with Crippen molar-refractivity contribution >= 4 is 29.8 Å². The second kappa shape index (κ2) is 13.9. The van der Waals surface area contributed by atoms with Crippen molar-refractivity contribution in [3.8, 4) is 0 Å². The summed E-state index contributed by atoms with van der Waals surface area (Å²) in [7, 11) is 0. The molecule has 0 aliphatic carbocycles. The highest BCUT2D eigenvalue weighted by atomic mass is 16.4. The van der Waals surface area contributed by atoms with Gasteiger partial charge in [-0.2, -0.15) is 0 Å². The first-order chi connectivity index (χ1) is 15.5.